The summed E-state index contributed by atoms with van der Waals surface area (Å²) in [7, 11) is 1.43. The number of methoxy groups -OCH3 is 1. The molecule has 1 aromatic carbocycles. The number of nitriles is 1. The Morgan fingerprint density at radius 2 is 2.31 bits per heavy atom. The van der Waals surface area contributed by atoms with Crippen LogP contribution in [0, 0.1) is 17.1 Å². The van der Waals surface area contributed by atoms with Crippen LogP contribution in [0.15, 0.2) is 18.2 Å². The Morgan fingerprint density at radius 1 is 1.56 bits per heavy atom. The van der Waals surface area contributed by atoms with E-state index in [4.69, 9.17) is 14.7 Å². The molecule has 16 heavy (non-hydrogen) atoms. The Bertz CT molecular complexity index is 435. The maximum absolute atomic E-state index is 13.5. The molecule has 3 nitrogen and oxygen atoms in total. The average Bonchev–Trinajstić information content (AvgIpc) is 2.23. The summed E-state index contributed by atoms with van der Waals surface area (Å²) in [6.07, 6.45) is 0.346. The van der Waals surface area contributed by atoms with Gasteiger partial charge in [0.1, 0.15) is 0 Å². The molecule has 1 fully saturated rings. The van der Waals surface area contributed by atoms with Crippen molar-refractivity contribution >= 4 is 0 Å². The van der Waals surface area contributed by atoms with E-state index >= 15 is 0 Å². The Kier molecular flexibility index (Phi) is 2.80. The molecule has 4 heteroatoms. The van der Waals surface area contributed by atoms with Crippen molar-refractivity contribution < 1.29 is 13.9 Å². The molecule has 0 radical (unpaired) electrons. The van der Waals surface area contributed by atoms with Crippen molar-refractivity contribution in [3.63, 3.8) is 0 Å². The van der Waals surface area contributed by atoms with Gasteiger partial charge in [-0.25, -0.2) is 4.39 Å². The van der Waals surface area contributed by atoms with Gasteiger partial charge < -0.3 is 9.47 Å². The molecule has 0 unspecified atom stereocenters. The molecule has 0 saturated carbocycles. The zero-order valence-corrected chi connectivity index (χ0v) is 9.00. The van der Waals surface area contributed by atoms with E-state index in [-0.39, 0.29) is 11.2 Å². The van der Waals surface area contributed by atoms with Crippen molar-refractivity contribution in [3.05, 3.63) is 29.6 Å². The Balaban J connectivity index is 2.33. The molecular formula is C12H12FNO2. The minimum absolute atomic E-state index is 0.219. The van der Waals surface area contributed by atoms with E-state index < -0.39 is 5.82 Å². The maximum atomic E-state index is 13.5. The highest BCUT2D eigenvalue weighted by Gasteiger charge is 2.40. The van der Waals surface area contributed by atoms with E-state index in [1.165, 1.54) is 13.2 Å². The standard InChI is InChI=1S/C12H12FNO2/c1-15-11-3-2-9(6-10(11)13)12(4-5-14)7-16-8-12/h2-3,6H,4,7-8H2,1H3. The highest BCUT2D eigenvalue weighted by molar-refractivity contribution is 5.36. The molecule has 84 valence electrons. The van der Waals surface area contributed by atoms with Crippen molar-refractivity contribution in [2.45, 2.75) is 11.8 Å². The Labute approximate surface area is 93.4 Å². The summed E-state index contributed by atoms with van der Waals surface area (Å²) in [4.78, 5) is 0. The molecule has 2 rings (SSSR count). The number of ether oxygens (including phenoxy) is 2. The van der Waals surface area contributed by atoms with Crippen LogP contribution in [0.4, 0.5) is 4.39 Å². The van der Waals surface area contributed by atoms with Crippen LogP contribution in [0.5, 0.6) is 5.75 Å². The monoisotopic (exact) mass is 221 g/mol. The normalized spacial score (nSPS) is 17.3. The first-order chi connectivity index (χ1) is 7.72. The van der Waals surface area contributed by atoms with Crippen molar-refractivity contribution in [1.29, 1.82) is 5.26 Å². The molecule has 0 aliphatic carbocycles. The Morgan fingerprint density at radius 3 is 2.75 bits per heavy atom. The fourth-order valence-corrected chi connectivity index (χ4v) is 1.87. The quantitative estimate of drug-likeness (QED) is 0.784. The molecule has 0 N–H and O–H groups in total. The number of hydrogen-bond donors (Lipinski definition) is 0. The van der Waals surface area contributed by atoms with Gasteiger partial charge in [0.15, 0.2) is 11.6 Å². The van der Waals surface area contributed by atoms with Crippen LogP contribution in [0.3, 0.4) is 0 Å². The first kappa shape index (κ1) is 10.9. The molecule has 1 saturated heterocycles. The molecule has 0 aromatic heterocycles. The van der Waals surface area contributed by atoms with Crippen LogP contribution in [0.2, 0.25) is 0 Å². The summed E-state index contributed by atoms with van der Waals surface area (Å²) < 4.78 is 23.5. The van der Waals surface area contributed by atoms with Gasteiger partial charge in [0.05, 0.1) is 31.8 Å². The van der Waals surface area contributed by atoms with Gasteiger partial charge in [-0.1, -0.05) is 6.07 Å². The first-order valence-corrected chi connectivity index (χ1v) is 5.00. The van der Waals surface area contributed by atoms with Gasteiger partial charge >= 0.3 is 0 Å². The van der Waals surface area contributed by atoms with Crippen molar-refractivity contribution in [3.8, 4) is 11.8 Å². The summed E-state index contributed by atoms with van der Waals surface area (Å²) in [5, 5.41) is 8.77. The van der Waals surface area contributed by atoms with E-state index in [1.54, 1.807) is 12.1 Å². The fourth-order valence-electron chi connectivity index (χ4n) is 1.87. The van der Waals surface area contributed by atoms with Crippen molar-refractivity contribution in [2.75, 3.05) is 20.3 Å². The number of rotatable bonds is 3. The van der Waals surface area contributed by atoms with E-state index in [0.717, 1.165) is 5.56 Å². The SMILES string of the molecule is COc1ccc(C2(CC#N)COC2)cc1F. The van der Waals surface area contributed by atoms with Gasteiger partial charge in [-0.3, -0.25) is 0 Å². The first-order valence-electron chi connectivity index (χ1n) is 5.00. The van der Waals surface area contributed by atoms with E-state index in [9.17, 15) is 4.39 Å². The highest BCUT2D eigenvalue weighted by atomic mass is 19.1. The van der Waals surface area contributed by atoms with Gasteiger partial charge in [0.2, 0.25) is 0 Å². The average molecular weight is 221 g/mol. The molecule has 1 aliphatic heterocycles. The molecular weight excluding hydrogens is 209 g/mol. The summed E-state index contributed by atoms with van der Waals surface area (Å²) in [6.45, 7) is 0.957. The van der Waals surface area contributed by atoms with Gasteiger partial charge in [0, 0.05) is 6.42 Å². The lowest BCUT2D eigenvalue weighted by Crippen LogP contribution is -2.46. The second-order valence-electron chi connectivity index (χ2n) is 3.96. The third-order valence-electron chi connectivity index (χ3n) is 2.94. The molecule has 1 aromatic rings. The second-order valence-corrected chi connectivity index (χ2v) is 3.96. The lowest BCUT2D eigenvalue weighted by molar-refractivity contribution is -0.0578. The molecule has 0 bridgehead atoms. The fraction of sp³-hybridized carbons (Fsp3) is 0.417. The third-order valence-corrected chi connectivity index (χ3v) is 2.94. The lowest BCUT2D eigenvalue weighted by Gasteiger charge is -2.40. The van der Waals surface area contributed by atoms with Gasteiger partial charge in [0.25, 0.3) is 0 Å². The van der Waals surface area contributed by atoms with Crippen LogP contribution < -0.4 is 4.74 Å². The van der Waals surface area contributed by atoms with Gasteiger partial charge in [-0.15, -0.1) is 0 Å². The minimum Gasteiger partial charge on any atom is -0.494 e. The lowest BCUT2D eigenvalue weighted by atomic mass is 9.76. The van der Waals surface area contributed by atoms with Crippen LogP contribution in [0.1, 0.15) is 12.0 Å². The second kappa shape index (κ2) is 4.11. The number of nitrogens with zero attached hydrogens (tertiary/aromatic N) is 1. The predicted octanol–water partition coefficient (Wildman–Crippen LogP) is 2.02. The molecule has 0 atom stereocenters. The van der Waals surface area contributed by atoms with Gasteiger partial charge in [-0.2, -0.15) is 5.26 Å². The van der Waals surface area contributed by atoms with Gasteiger partial charge in [-0.05, 0) is 17.7 Å². The number of benzene rings is 1. The van der Waals surface area contributed by atoms with Crippen LogP contribution in [0.25, 0.3) is 0 Å². The smallest absolute Gasteiger partial charge is 0.165 e. The van der Waals surface area contributed by atoms with Crippen LogP contribution in [-0.4, -0.2) is 20.3 Å². The maximum Gasteiger partial charge on any atom is 0.165 e. The predicted molar refractivity (Wildman–Crippen MR) is 55.7 cm³/mol. The number of hydrogen-bond acceptors (Lipinski definition) is 3. The molecule has 0 amide bonds. The van der Waals surface area contributed by atoms with Crippen molar-refractivity contribution in [1.82, 2.24) is 0 Å². The third kappa shape index (κ3) is 1.63. The summed E-state index contributed by atoms with van der Waals surface area (Å²) in [5.74, 6) is -0.180. The summed E-state index contributed by atoms with van der Waals surface area (Å²) in [6, 6.07) is 6.93. The minimum atomic E-state index is -0.399. The van der Waals surface area contributed by atoms with E-state index in [1.807, 2.05) is 0 Å². The zero-order chi connectivity index (χ0) is 11.6. The topological polar surface area (TPSA) is 42.2 Å². The summed E-state index contributed by atoms with van der Waals surface area (Å²) >= 11 is 0. The largest absolute Gasteiger partial charge is 0.494 e. The molecule has 1 heterocycles. The zero-order valence-electron chi connectivity index (χ0n) is 9.00. The highest BCUT2D eigenvalue weighted by Crippen LogP contribution is 2.36. The summed E-state index contributed by atoms with van der Waals surface area (Å²) in [5.41, 5.74) is 0.473. The molecule has 0 spiro atoms. The van der Waals surface area contributed by atoms with Crippen LogP contribution in [-0.2, 0) is 10.2 Å². The number of halogens is 1. The van der Waals surface area contributed by atoms with Crippen molar-refractivity contribution in [2.24, 2.45) is 0 Å². The Hall–Kier alpha value is -1.60. The van der Waals surface area contributed by atoms with E-state index in [2.05, 4.69) is 6.07 Å². The van der Waals surface area contributed by atoms with E-state index in [0.29, 0.717) is 19.6 Å². The van der Waals surface area contributed by atoms with Crippen LogP contribution >= 0.6 is 0 Å². The molecule has 1 aliphatic rings.